The highest BCUT2D eigenvalue weighted by Gasteiger charge is 2.33. The fraction of sp³-hybridized carbons (Fsp3) is 0.250. The molecule has 3 nitrogen and oxygen atoms in total. The lowest BCUT2D eigenvalue weighted by Crippen LogP contribution is -2.11. The maximum absolute atomic E-state index is 12.4. The van der Waals surface area contributed by atoms with Gasteiger partial charge in [-0.3, -0.25) is 4.79 Å². The number of aliphatic hydroxyl groups excluding tert-OH is 1. The fourth-order valence-corrected chi connectivity index (χ4v) is 1.11. The van der Waals surface area contributed by atoms with Crippen LogP contribution >= 0.6 is 0 Å². The zero-order chi connectivity index (χ0) is 14.2. The van der Waals surface area contributed by atoms with Crippen LogP contribution in [0.5, 0.6) is 0 Å². The molecule has 0 aliphatic carbocycles. The Morgan fingerprint density at radius 3 is 2.06 bits per heavy atom. The molecule has 6 heteroatoms. The van der Waals surface area contributed by atoms with Crippen LogP contribution in [0.1, 0.15) is 12.5 Å². The minimum Gasteiger partial charge on any atom is -0.481 e. The van der Waals surface area contributed by atoms with Crippen LogP contribution in [-0.4, -0.2) is 29.0 Å². The monoisotopic (exact) mass is 262 g/mol. The third kappa shape index (κ3) is 6.70. The second kappa shape index (κ2) is 7.50. The molecule has 1 rings (SSSR count). The van der Waals surface area contributed by atoms with E-state index >= 15 is 0 Å². The van der Waals surface area contributed by atoms with Gasteiger partial charge < -0.3 is 10.2 Å². The lowest BCUT2D eigenvalue weighted by molar-refractivity contribution is -0.134. The quantitative estimate of drug-likeness (QED) is 0.861. The van der Waals surface area contributed by atoms with Crippen LogP contribution in [0.2, 0.25) is 0 Å². The lowest BCUT2D eigenvalue weighted by Gasteiger charge is -2.11. The number of alkyl halides is 3. The molecule has 0 saturated carbocycles. The number of halogens is 3. The second-order valence-electron chi connectivity index (χ2n) is 3.18. The standard InChI is InChI=1S/C10H9F3O.C2H4O2/c11-10(12,13)9(6-7-14)8-4-2-1-3-5-8;1-2(3)4/h1-6,14H,7H2;1H3,(H,3,4). The molecular formula is C12H13F3O3. The van der Waals surface area contributed by atoms with Gasteiger partial charge in [0.15, 0.2) is 0 Å². The maximum Gasteiger partial charge on any atom is 0.416 e. The number of aliphatic carboxylic acids is 1. The van der Waals surface area contributed by atoms with E-state index in [1.54, 1.807) is 6.07 Å². The Hall–Kier alpha value is -1.82. The van der Waals surface area contributed by atoms with Crippen LogP contribution in [0.25, 0.3) is 5.57 Å². The minimum atomic E-state index is -4.43. The number of aliphatic hydroxyl groups is 1. The molecule has 0 aliphatic rings. The maximum atomic E-state index is 12.4. The molecule has 0 unspecified atom stereocenters. The summed E-state index contributed by atoms with van der Waals surface area (Å²) in [5.41, 5.74) is -0.741. The summed E-state index contributed by atoms with van der Waals surface area (Å²) in [7, 11) is 0. The van der Waals surface area contributed by atoms with Crippen molar-refractivity contribution in [2.24, 2.45) is 0 Å². The van der Waals surface area contributed by atoms with Crippen molar-refractivity contribution in [1.82, 2.24) is 0 Å². The lowest BCUT2D eigenvalue weighted by atomic mass is 10.1. The average Bonchev–Trinajstić information content (AvgIpc) is 2.24. The summed E-state index contributed by atoms with van der Waals surface area (Å²) in [6.07, 6.45) is -3.67. The van der Waals surface area contributed by atoms with Gasteiger partial charge in [0.25, 0.3) is 5.97 Å². The number of rotatable bonds is 2. The molecule has 0 heterocycles. The molecule has 0 spiro atoms. The first-order chi connectivity index (χ1) is 8.29. The zero-order valence-electron chi connectivity index (χ0n) is 9.61. The Bertz CT molecular complexity index is 393. The third-order valence-electron chi connectivity index (χ3n) is 1.69. The molecule has 2 N–H and O–H groups in total. The predicted molar refractivity (Wildman–Crippen MR) is 60.9 cm³/mol. The highest BCUT2D eigenvalue weighted by Crippen LogP contribution is 2.33. The van der Waals surface area contributed by atoms with E-state index in [4.69, 9.17) is 15.0 Å². The summed E-state index contributed by atoms with van der Waals surface area (Å²) in [5, 5.41) is 15.9. The third-order valence-corrected chi connectivity index (χ3v) is 1.69. The summed E-state index contributed by atoms with van der Waals surface area (Å²) in [5.74, 6) is -0.833. The van der Waals surface area contributed by atoms with Crippen molar-refractivity contribution >= 4 is 11.5 Å². The molecule has 0 radical (unpaired) electrons. The van der Waals surface area contributed by atoms with Gasteiger partial charge in [0.05, 0.1) is 12.2 Å². The Morgan fingerprint density at radius 1 is 1.28 bits per heavy atom. The molecule has 1 aromatic carbocycles. The van der Waals surface area contributed by atoms with Crippen LogP contribution in [0.4, 0.5) is 13.2 Å². The summed E-state index contributed by atoms with van der Waals surface area (Å²) < 4.78 is 37.2. The van der Waals surface area contributed by atoms with E-state index in [-0.39, 0.29) is 5.56 Å². The van der Waals surface area contributed by atoms with E-state index in [9.17, 15) is 13.2 Å². The Kier molecular flexibility index (Phi) is 6.74. The van der Waals surface area contributed by atoms with Gasteiger partial charge in [0, 0.05) is 6.92 Å². The fourth-order valence-electron chi connectivity index (χ4n) is 1.11. The largest absolute Gasteiger partial charge is 0.481 e. The number of carboxylic acids is 1. The average molecular weight is 262 g/mol. The van der Waals surface area contributed by atoms with Crippen LogP contribution in [-0.2, 0) is 4.79 Å². The van der Waals surface area contributed by atoms with Gasteiger partial charge in [0.2, 0.25) is 0 Å². The number of carboxylic acid groups (broad SMARTS) is 1. The molecular weight excluding hydrogens is 249 g/mol. The van der Waals surface area contributed by atoms with E-state index in [0.717, 1.165) is 13.0 Å². The molecule has 100 valence electrons. The SMILES string of the molecule is CC(=O)O.OCC=C(c1ccccc1)C(F)(F)F. The van der Waals surface area contributed by atoms with Gasteiger partial charge >= 0.3 is 6.18 Å². The van der Waals surface area contributed by atoms with Gasteiger partial charge in [-0.15, -0.1) is 0 Å². The first kappa shape index (κ1) is 16.2. The van der Waals surface area contributed by atoms with Crippen molar-refractivity contribution in [3.05, 3.63) is 42.0 Å². The number of carbonyl (C=O) groups is 1. The highest BCUT2D eigenvalue weighted by atomic mass is 19.4. The van der Waals surface area contributed by atoms with Crippen molar-refractivity contribution in [1.29, 1.82) is 0 Å². The second-order valence-corrected chi connectivity index (χ2v) is 3.18. The van der Waals surface area contributed by atoms with E-state index in [1.165, 1.54) is 24.3 Å². The van der Waals surface area contributed by atoms with Crippen LogP contribution in [0, 0.1) is 0 Å². The number of hydrogen-bond acceptors (Lipinski definition) is 2. The van der Waals surface area contributed by atoms with E-state index in [1.807, 2.05) is 0 Å². The normalized spacial score (nSPS) is 11.5. The molecule has 1 aromatic rings. The summed E-state index contributed by atoms with van der Waals surface area (Å²) >= 11 is 0. The molecule has 0 aromatic heterocycles. The minimum absolute atomic E-state index is 0.0639. The van der Waals surface area contributed by atoms with Gasteiger partial charge in [-0.25, -0.2) is 0 Å². The molecule has 0 fully saturated rings. The van der Waals surface area contributed by atoms with Gasteiger partial charge in [0.1, 0.15) is 0 Å². The van der Waals surface area contributed by atoms with Crippen molar-refractivity contribution in [3.63, 3.8) is 0 Å². The summed E-state index contributed by atoms with van der Waals surface area (Å²) in [6.45, 7) is 0.462. The first-order valence-electron chi connectivity index (χ1n) is 4.92. The Labute approximate surface area is 102 Å². The topological polar surface area (TPSA) is 57.5 Å². The molecule has 0 aliphatic heterocycles. The van der Waals surface area contributed by atoms with Crippen molar-refractivity contribution in [2.75, 3.05) is 6.61 Å². The van der Waals surface area contributed by atoms with Crippen LogP contribution in [0.15, 0.2) is 36.4 Å². The molecule has 0 amide bonds. The Morgan fingerprint density at radius 2 is 1.72 bits per heavy atom. The van der Waals surface area contributed by atoms with E-state index in [0.29, 0.717) is 0 Å². The predicted octanol–water partition coefficient (Wildman–Crippen LogP) is 2.72. The molecule has 0 bridgehead atoms. The molecule has 18 heavy (non-hydrogen) atoms. The molecule has 0 saturated heterocycles. The summed E-state index contributed by atoms with van der Waals surface area (Å²) in [6, 6.07) is 7.39. The molecule has 0 atom stereocenters. The van der Waals surface area contributed by atoms with Gasteiger partial charge in [-0.2, -0.15) is 13.2 Å². The smallest absolute Gasteiger partial charge is 0.416 e. The van der Waals surface area contributed by atoms with Crippen molar-refractivity contribution < 1.29 is 28.2 Å². The zero-order valence-corrected chi connectivity index (χ0v) is 9.61. The Balaban J connectivity index is 0.000000631. The summed E-state index contributed by atoms with van der Waals surface area (Å²) in [4.78, 5) is 9.00. The van der Waals surface area contributed by atoms with Crippen LogP contribution < -0.4 is 0 Å². The van der Waals surface area contributed by atoms with E-state index in [2.05, 4.69) is 0 Å². The first-order valence-corrected chi connectivity index (χ1v) is 4.92. The number of allylic oxidation sites excluding steroid dienone is 1. The van der Waals surface area contributed by atoms with E-state index < -0.39 is 24.3 Å². The van der Waals surface area contributed by atoms with Crippen molar-refractivity contribution in [2.45, 2.75) is 13.1 Å². The number of hydrogen-bond donors (Lipinski definition) is 2. The highest BCUT2D eigenvalue weighted by molar-refractivity contribution is 5.69. The number of benzene rings is 1. The van der Waals surface area contributed by atoms with Crippen LogP contribution in [0.3, 0.4) is 0 Å². The van der Waals surface area contributed by atoms with Gasteiger partial charge in [-0.1, -0.05) is 30.3 Å². The van der Waals surface area contributed by atoms with Crippen molar-refractivity contribution in [3.8, 4) is 0 Å². The van der Waals surface area contributed by atoms with Gasteiger partial charge in [-0.05, 0) is 11.6 Å².